The standard InChI is InChI=1S/C23H20N4O4/c1-29-18-9-5-15(11-20(18)30-2)23(28)31-19-10-8-17-21(19)25-13-26-22(17)27-16-6-3-14(12-24)4-7-16/h3-7,9,11,13,19H,8,10H2,1-2H3,(H,25,26,27). The Morgan fingerprint density at radius 3 is 2.58 bits per heavy atom. The lowest BCUT2D eigenvalue weighted by atomic mass is 10.2. The van der Waals surface area contributed by atoms with E-state index in [4.69, 9.17) is 19.5 Å². The van der Waals surface area contributed by atoms with Crippen LogP contribution in [0.3, 0.4) is 0 Å². The number of esters is 1. The van der Waals surface area contributed by atoms with Crippen molar-refractivity contribution in [2.45, 2.75) is 18.9 Å². The van der Waals surface area contributed by atoms with Crippen molar-refractivity contribution in [3.05, 3.63) is 71.2 Å². The van der Waals surface area contributed by atoms with Gasteiger partial charge in [-0.2, -0.15) is 5.26 Å². The van der Waals surface area contributed by atoms with E-state index in [1.54, 1.807) is 30.3 Å². The number of nitrogens with one attached hydrogen (secondary N) is 1. The highest BCUT2D eigenvalue weighted by atomic mass is 16.5. The van der Waals surface area contributed by atoms with E-state index in [0.717, 1.165) is 11.3 Å². The summed E-state index contributed by atoms with van der Waals surface area (Å²) < 4.78 is 16.2. The summed E-state index contributed by atoms with van der Waals surface area (Å²) in [5.74, 6) is 1.20. The molecule has 0 aliphatic heterocycles. The second kappa shape index (κ2) is 8.71. The first-order valence-electron chi connectivity index (χ1n) is 9.67. The molecule has 1 heterocycles. The predicted octanol–water partition coefficient (Wildman–Crippen LogP) is 3.95. The highest BCUT2D eigenvalue weighted by Crippen LogP contribution is 2.37. The van der Waals surface area contributed by atoms with E-state index in [1.165, 1.54) is 20.5 Å². The zero-order valence-corrected chi connectivity index (χ0v) is 17.1. The van der Waals surface area contributed by atoms with Crippen molar-refractivity contribution >= 4 is 17.5 Å². The maximum absolute atomic E-state index is 12.7. The minimum atomic E-state index is -0.459. The van der Waals surface area contributed by atoms with Crippen molar-refractivity contribution in [2.24, 2.45) is 0 Å². The fourth-order valence-electron chi connectivity index (χ4n) is 3.51. The van der Waals surface area contributed by atoms with Gasteiger partial charge in [-0.1, -0.05) is 0 Å². The highest BCUT2D eigenvalue weighted by molar-refractivity contribution is 5.90. The summed E-state index contributed by atoms with van der Waals surface area (Å²) in [6.07, 6.45) is 2.29. The van der Waals surface area contributed by atoms with Crippen LogP contribution in [0.1, 0.15) is 39.7 Å². The first-order valence-corrected chi connectivity index (χ1v) is 9.67. The summed E-state index contributed by atoms with van der Waals surface area (Å²) in [7, 11) is 3.05. The zero-order valence-electron chi connectivity index (χ0n) is 17.1. The second-order valence-electron chi connectivity index (χ2n) is 6.90. The topological polar surface area (TPSA) is 106 Å². The van der Waals surface area contributed by atoms with E-state index in [0.29, 0.717) is 47.0 Å². The number of anilines is 2. The third-order valence-corrected chi connectivity index (χ3v) is 5.09. The molecule has 0 amide bonds. The van der Waals surface area contributed by atoms with Crippen LogP contribution < -0.4 is 14.8 Å². The number of aromatic nitrogens is 2. The number of methoxy groups -OCH3 is 2. The lowest BCUT2D eigenvalue weighted by molar-refractivity contribution is 0.0292. The molecule has 1 unspecified atom stereocenters. The molecule has 1 aromatic heterocycles. The molecule has 0 radical (unpaired) electrons. The SMILES string of the molecule is COc1ccc(C(=O)OC2CCc3c(Nc4ccc(C#N)cc4)ncnc32)cc1OC. The number of nitrogens with zero attached hydrogens (tertiary/aromatic N) is 3. The molecule has 1 aliphatic carbocycles. The van der Waals surface area contributed by atoms with E-state index in [1.807, 2.05) is 12.1 Å². The van der Waals surface area contributed by atoms with Crippen LogP contribution in [0.5, 0.6) is 11.5 Å². The van der Waals surface area contributed by atoms with Gasteiger partial charge in [-0.3, -0.25) is 0 Å². The molecule has 0 bridgehead atoms. The van der Waals surface area contributed by atoms with Gasteiger partial charge in [-0.25, -0.2) is 14.8 Å². The number of fused-ring (bicyclic) bond motifs is 1. The summed E-state index contributed by atoms with van der Waals surface area (Å²) in [6, 6.07) is 14.1. The van der Waals surface area contributed by atoms with E-state index in [9.17, 15) is 4.79 Å². The normalized spacial score (nSPS) is 14.3. The van der Waals surface area contributed by atoms with Crippen molar-refractivity contribution < 1.29 is 19.0 Å². The molecule has 1 atom stereocenters. The van der Waals surface area contributed by atoms with Gasteiger partial charge in [0.05, 0.1) is 37.1 Å². The number of carbonyl (C=O) groups excluding carboxylic acids is 1. The molecule has 156 valence electrons. The third-order valence-electron chi connectivity index (χ3n) is 5.09. The number of hydrogen-bond donors (Lipinski definition) is 1. The molecule has 3 aromatic rings. The van der Waals surface area contributed by atoms with Gasteiger partial charge in [-0.15, -0.1) is 0 Å². The maximum Gasteiger partial charge on any atom is 0.338 e. The molecule has 0 saturated heterocycles. The van der Waals surface area contributed by atoms with Crippen LogP contribution in [0, 0.1) is 11.3 Å². The fourth-order valence-corrected chi connectivity index (χ4v) is 3.51. The van der Waals surface area contributed by atoms with Gasteiger partial charge in [0.2, 0.25) is 0 Å². The first-order chi connectivity index (χ1) is 15.1. The van der Waals surface area contributed by atoms with Gasteiger partial charge in [0.1, 0.15) is 18.2 Å². The molecular formula is C23H20N4O4. The summed E-state index contributed by atoms with van der Waals surface area (Å²) >= 11 is 0. The predicted molar refractivity (Wildman–Crippen MR) is 112 cm³/mol. The molecule has 1 N–H and O–H groups in total. The molecule has 0 fully saturated rings. The number of rotatable bonds is 6. The van der Waals surface area contributed by atoms with Crippen LogP contribution in [0.25, 0.3) is 0 Å². The molecular weight excluding hydrogens is 396 g/mol. The van der Waals surface area contributed by atoms with Crippen molar-refractivity contribution in [3.63, 3.8) is 0 Å². The molecule has 0 saturated carbocycles. The summed E-state index contributed by atoms with van der Waals surface area (Å²) in [4.78, 5) is 21.4. The Bertz CT molecular complexity index is 1160. The lowest BCUT2D eigenvalue weighted by Gasteiger charge is -2.14. The van der Waals surface area contributed by atoms with E-state index in [2.05, 4.69) is 21.4 Å². The first kappa shape index (κ1) is 20.2. The van der Waals surface area contributed by atoms with Crippen molar-refractivity contribution in [1.29, 1.82) is 5.26 Å². The van der Waals surface area contributed by atoms with Crippen molar-refractivity contribution in [2.75, 3.05) is 19.5 Å². The monoisotopic (exact) mass is 416 g/mol. The largest absolute Gasteiger partial charge is 0.493 e. The number of benzene rings is 2. The molecule has 4 rings (SSSR count). The average molecular weight is 416 g/mol. The second-order valence-corrected chi connectivity index (χ2v) is 6.90. The van der Waals surface area contributed by atoms with Crippen LogP contribution in [-0.2, 0) is 11.2 Å². The molecule has 1 aliphatic rings. The van der Waals surface area contributed by atoms with Crippen LogP contribution in [0.15, 0.2) is 48.8 Å². The maximum atomic E-state index is 12.7. The lowest BCUT2D eigenvalue weighted by Crippen LogP contribution is -2.11. The Morgan fingerprint density at radius 2 is 1.87 bits per heavy atom. The van der Waals surface area contributed by atoms with Crippen LogP contribution in [0.2, 0.25) is 0 Å². The minimum Gasteiger partial charge on any atom is -0.493 e. The smallest absolute Gasteiger partial charge is 0.338 e. The van der Waals surface area contributed by atoms with Gasteiger partial charge in [-0.05, 0) is 55.3 Å². The molecule has 0 spiro atoms. The Hall–Kier alpha value is -4.12. The number of nitriles is 1. The fraction of sp³-hybridized carbons (Fsp3) is 0.217. The number of ether oxygens (including phenoxy) is 3. The Kier molecular flexibility index (Phi) is 5.67. The zero-order chi connectivity index (χ0) is 21.8. The van der Waals surface area contributed by atoms with Crippen LogP contribution >= 0.6 is 0 Å². The van der Waals surface area contributed by atoms with Crippen LogP contribution in [-0.4, -0.2) is 30.2 Å². The van der Waals surface area contributed by atoms with Gasteiger partial charge in [0.15, 0.2) is 11.5 Å². The van der Waals surface area contributed by atoms with E-state index in [-0.39, 0.29) is 0 Å². The molecule has 31 heavy (non-hydrogen) atoms. The van der Waals surface area contributed by atoms with Gasteiger partial charge >= 0.3 is 5.97 Å². The van der Waals surface area contributed by atoms with Gasteiger partial charge in [0, 0.05) is 11.3 Å². The molecule has 8 nitrogen and oxygen atoms in total. The molecule has 2 aromatic carbocycles. The van der Waals surface area contributed by atoms with Crippen molar-refractivity contribution in [3.8, 4) is 17.6 Å². The summed E-state index contributed by atoms with van der Waals surface area (Å²) in [5, 5.41) is 12.2. The summed E-state index contributed by atoms with van der Waals surface area (Å²) in [6.45, 7) is 0. The summed E-state index contributed by atoms with van der Waals surface area (Å²) in [5.41, 5.74) is 3.37. The third kappa shape index (κ3) is 4.12. The Labute approximate surface area is 179 Å². The van der Waals surface area contributed by atoms with Gasteiger partial charge < -0.3 is 19.5 Å². The van der Waals surface area contributed by atoms with Crippen molar-refractivity contribution in [1.82, 2.24) is 9.97 Å². The van der Waals surface area contributed by atoms with E-state index < -0.39 is 12.1 Å². The van der Waals surface area contributed by atoms with E-state index >= 15 is 0 Å². The highest BCUT2D eigenvalue weighted by Gasteiger charge is 2.30. The Morgan fingerprint density at radius 1 is 1.10 bits per heavy atom. The number of hydrogen-bond acceptors (Lipinski definition) is 8. The molecule has 8 heteroatoms. The Balaban J connectivity index is 1.52. The van der Waals surface area contributed by atoms with Crippen LogP contribution in [0.4, 0.5) is 11.5 Å². The minimum absolute atomic E-state index is 0.371. The quantitative estimate of drug-likeness (QED) is 0.602. The number of carbonyl (C=O) groups is 1. The average Bonchev–Trinajstić information content (AvgIpc) is 3.22. The van der Waals surface area contributed by atoms with Gasteiger partial charge in [0.25, 0.3) is 0 Å².